The monoisotopic (exact) mass is 287 g/mol. The third-order valence-electron chi connectivity index (χ3n) is 4.25. The van der Waals surface area contributed by atoms with Crippen molar-refractivity contribution in [2.24, 2.45) is 0 Å². The number of amides is 1. The van der Waals surface area contributed by atoms with Crippen LogP contribution in [-0.4, -0.2) is 48.4 Å². The van der Waals surface area contributed by atoms with Gasteiger partial charge in [0.05, 0.1) is 0 Å². The summed E-state index contributed by atoms with van der Waals surface area (Å²) in [6.07, 6.45) is 5.62. The quantitative estimate of drug-likeness (QED) is 0.682. The summed E-state index contributed by atoms with van der Waals surface area (Å²) >= 11 is 0. The van der Waals surface area contributed by atoms with Crippen molar-refractivity contribution in [3.8, 4) is 0 Å². The first-order chi connectivity index (χ1) is 10.1. The van der Waals surface area contributed by atoms with Crippen LogP contribution in [0.5, 0.6) is 0 Å². The molecule has 1 heterocycles. The number of likely N-dealkylation sites (tertiary alicyclic amines) is 1. The number of hydrogen-bond donors (Lipinski definition) is 1. The molecule has 1 amide bonds. The van der Waals surface area contributed by atoms with Gasteiger partial charge < -0.3 is 15.5 Å². The maximum atomic E-state index is 12.2. The normalized spacial score (nSPS) is 17.2. The summed E-state index contributed by atoms with van der Waals surface area (Å²) in [5.74, 6) is 0.0711. The predicted octanol–water partition coefficient (Wildman–Crippen LogP) is 2.22. The molecule has 0 unspecified atom stereocenters. The van der Waals surface area contributed by atoms with Crippen molar-refractivity contribution in [1.29, 1.82) is 0 Å². The highest BCUT2D eigenvalue weighted by atomic mass is 16.2. The minimum absolute atomic E-state index is 0.0711. The molecule has 1 aliphatic rings. The Balaban J connectivity index is 1.89. The zero-order valence-corrected chi connectivity index (χ0v) is 13.0. The molecule has 0 aliphatic carbocycles. The second kappa shape index (κ2) is 7.27. The Morgan fingerprint density at radius 3 is 2.52 bits per heavy atom. The molecule has 0 saturated carbocycles. The molecule has 2 N–H and O–H groups in total. The third-order valence-corrected chi connectivity index (χ3v) is 4.25. The number of likely N-dealkylation sites (N-methyl/N-ethyl adjacent to an activating group) is 1. The van der Waals surface area contributed by atoms with Gasteiger partial charge in [-0.25, -0.2) is 0 Å². The number of anilines is 1. The van der Waals surface area contributed by atoms with E-state index in [9.17, 15) is 4.79 Å². The van der Waals surface area contributed by atoms with Crippen molar-refractivity contribution in [2.45, 2.75) is 25.8 Å². The number of rotatable bonds is 4. The van der Waals surface area contributed by atoms with E-state index in [0.29, 0.717) is 6.04 Å². The Bertz CT molecular complexity index is 487. The number of nitrogen functional groups attached to an aromatic ring is 1. The van der Waals surface area contributed by atoms with Gasteiger partial charge in [0.1, 0.15) is 0 Å². The van der Waals surface area contributed by atoms with Gasteiger partial charge in [0.25, 0.3) is 0 Å². The molecule has 4 heteroatoms. The number of hydrogen-bond acceptors (Lipinski definition) is 3. The lowest BCUT2D eigenvalue weighted by Gasteiger charge is -2.35. The molecule has 1 saturated heterocycles. The van der Waals surface area contributed by atoms with E-state index in [1.165, 1.54) is 0 Å². The van der Waals surface area contributed by atoms with Gasteiger partial charge in [-0.3, -0.25) is 4.79 Å². The smallest absolute Gasteiger partial charge is 0.246 e. The van der Waals surface area contributed by atoms with Crippen LogP contribution in [-0.2, 0) is 4.79 Å². The number of benzene rings is 1. The van der Waals surface area contributed by atoms with Crippen LogP contribution in [0.25, 0.3) is 6.08 Å². The molecule has 1 aliphatic heterocycles. The standard InChI is InChI=1S/C17H25N3O/c1-3-20-12-10-16(11-13-20)19(2)17(21)9-6-14-4-7-15(18)8-5-14/h4-9,16H,3,10-13,18H2,1-2H3/b9-6+. The summed E-state index contributed by atoms with van der Waals surface area (Å²) in [5, 5.41) is 0. The number of carbonyl (C=O) groups is 1. The molecule has 1 aromatic carbocycles. The third kappa shape index (κ3) is 4.33. The number of nitrogens with zero attached hydrogens (tertiary/aromatic N) is 2. The molecule has 1 fully saturated rings. The van der Waals surface area contributed by atoms with E-state index in [2.05, 4.69) is 11.8 Å². The van der Waals surface area contributed by atoms with Crippen LogP contribution in [0.4, 0.5) is 5.69 Å². The fourth-order valence-electron chi connectivity index (χ4n) is 2.70. The van der Waals surface area contributed by atoms with E-state index in [-0.39, 0.29) is 5.91 Å². The lowest BCUT2D eigenvalue weighted by atomic mass is 10.0. The molecule has 0 radical (unpaired) electrons. The molecule has 21 heavy (non-hydrogen) atoms. The van der Waals surface area contributed by atoms with Crippen molar-refractivity contribution in [1.82, 2.24) is 9.80 Å². The average Bonchev–Trinajstić information content (AvgIpc) is 2.53. The number of piperidine rings is 1. The summed E-state index contributed by atoms with van der Waals surface area (Å²) < 4.78 is 0. The van der Waals surface area contributed by atoms with E-state index in [1.807, 2.05) is 42.3 Å². The maximum absolute atomic E-state index is 12.2. The minimum atomic E-state index is 0.0711. The van der Waals surface area contributed by atoms with E-state index in [0.717, 1.165) is 43.7 Å². The van der Waals surface area contributed by atoms with E-state index >= 15 is 0 Å². The molecule has 1 aromatic rings. The second-order valence-electron chi connectivity index (χ2n) is 5.61. The van der Waals surface area contributed by atoms with Crippen molar-refractivity contribution >= 4 is 17.7 Å². The van der Waals surface area contributed by atoms with Gasteiger partial charge in [-0.1, -0.05) is 19.1 Å². The van der Waals surface area contributed by atoms with Crippen LogP contribution in [0.15, 0.2) is 30.3 Å². The van der Waals surface area contributed by atoms with Crippen molar-refractivity contribution < 1.29 is 4.79 Å². The van der Waals surface area contributed by atoms with Crippen LogP contribution >= 0.6 is 0 Å². The van der Waals surface area contributed by atoms with Crippen molar-refractivity contribution in [3.05, 3.63) is 35.9 Å². The zero-order chi connectivity index (χ0) is 15.2. The first-order valence-electron chi connectivity index (χ1n) is 7.63. The molecule has 0 atom stereocenters. The van der Waals surface area contributed by atoms with Gasteiger partial charge in [0, 0.05) is 37.9 Å². The lowest BCUT2D eigenvalue weighted by Crippen LogP contribution is -2.45. The molecule has 0 spiro atoms. The van der Waals surface area contributed by atoms with Crippen LogP contribution in [0.1, 0.15) is 25.3 Å². The summed E-state index contributed by atoms with van der Waals surface area (Å²) in [4.78, 5) is 16.5. The first kappa shape index (κ1) is 15.6. The minimum Gasteiger partial charge on any atom is -0.399 e. The van der Waals surface area contributed by atoms with Crippen LogP contribution in [0, 0.1) is 0 Å². The second-order valence-corrected chi connectivity index (χ2v) is 5.61. The summed E-state index contributed by atoms with van der Waals surface area (Å²) in [6.45, 7) is 5.45. The Hall–Kier alpha value is -1.81. The fourth-order valence-corrected chi connectivity index (χ4v) is 2.70. The van der Waals surface area contributed by atoms with Crippen LogP contribution < -0.4 is 5.73 Å². The highest BCUT2D eigenvalue weighted by Crippen LogP contribution is 2.16. The molecule has 0 aromatic heterocycles. The Morgan fingerprint density at radius 2 is 1.95 bits per heavy atom. The van der Waals surface area contributed by atoms with Gasteiger partial charge in [0.2, 0.25) is 5.91 Å². The molecular weight excluding hydrogens is 262 g/mol. The van der Waals surface area contributed by atoms with Gasteiger partial charge in [-0.05, 0) is 43.2 Å². The van der Waals surface area contributed by atoms with Crippen LogP contribution in [0.3, 0.4) is 0 Å². The summed E-state index contributed by atoms with van der Waals surface area (Å²) in [6, 6.07) is 7.87. The van der Waals surface area contributed by atoms with E-state index in [4.69, 9.17) is 5.73 Å². The van der Waals surface area contributed by atoms with E-state index in [1.54, 1.807) is 6.08 Å². The topological polar surface area (TPSA) is 49.6 Å². The van der Waals surface area contributed by atoms with Gasteiger partial charge in [0.15, 0.2) is 0 Å². The van der Waals surface area contributed by atoms with Gasteiger partial charge in [-0.15, -0.1) is 0 Å². The number of nitrogens with two attached hydrogens (primary N) is 1. The van der Waals surface area contributed by atoms with Crippen molar-refractivity contribution in [2.75, 3.05) is 32.4 Å². The van der Waals surface area contributed by atoms with E-state index < -0.39 is 0 Å². The zero-order valence-electron chi connectivity index (χ0n) is 13.0. The highest BCUT2D eigenvalue weighted by molar-refractivity contribution is 5.91. The number of carbonyl (C=O) groups excluding carboxylic acids is 1. The van der Waals surface area contributed by atoms with Crippen molar-refractivity contribution in [3.63, 3.8) is 0 Å². The Morgan fingerprint density at radius 1 is 1.33 bits per heavy atom. The molecule has 0 bridgehead atoms. The summed E-state index contributed by atoms with van der Waals surface area (Å²) in [5.41, 5.74) is 7.37. The first-order valence-corrected chi connectivity index (χ1v) is 7.63. The maximum Gasteiger partial charge on any atom is 0.246 e. The Kier molecular flexibility index (Phi) is 5.39. The highest BCUT2D eigenvalue weighted by Gasteiger charge is 2.23. The predicted molar refractivity (Wildman–Crippen MR) is 87.8 cm³/mol. The SMILES string of the molecule is CCN1CCC(N(C)C(=O)/C=C/c2ccc(N)cc2)CC1. The lowest BCUT2D eigenvalue weighted by molar-refractivity contribution is -0.127. The fraction of sp³-hybridized carbons (Fsp3) is 0.471. The molecular formula is C17H25N3O. The largest absolute Gasteiger partial charge is 0.399 e. The Labute approximate surface area is 127 Å². The van der Waals surface area contributed by atoms with Crippen LogP contribution in [0.2, 0.25) is 0 Å². The summed E-state index contributed by atoms with van der Waals surface area (Å²) in [7, 11) is 1.90. The van der Waals surface area contributed by atoms with Gasteiger partial charge in [-0.2, -0.15) is 0 Å². The molecule has 4 nitrogen and oxygen atoms in total. The van der Waals surface area contributed by atoms with Gasteiger partial charge >= 0.3 is 0 Å². The molecule has 2 rings (SSSR count). The molecule has 114 valence electrons. The average molecular weight is 287 g/mol.